The van der Waals surface area contributed by atoms with Gasteiger partial charge in [0.15, 0.2) is 4.90 Å². The van der Waals surface area contributed by atoms with Crippen molar-refractivity contribution in [2.24, 2.45) is 0 Å². The highest BCUT2D eigenvalue weighted by Gasteiger charge is 2.15. The van der Waals surface area contributed by atoms with Gasteiger partial charge in [-0.2, -0.15) is 0 Å². The summed E-state index contributed by atoms with van der Waals surface area (Å²) >= 11 is 2.02. The summed E-state index contributed by atoms with van der Waals surface area (Å²) in [4.78, 5) is 12.3. The molecule has 0 spiro atoms. The molecule has 1 unspecified atom stereocenters. The molecule has 3 N–H and O–H groups in total. The van der Waals surface area contributed by atoms with Crippen molar-refractivity contribution in [1.82, 2.24) is 5.32 Å². The van der Waals surface area contributed by atoms with Crippen LogP contribution in [0.3, 0.4) is 0 Å². The van der Waals surface area contributed by atoms with E-state index in [4.69, 9.17) is 4.74 Å². The van der Waals surface area contributed by atoms with Crippen molar-refractivity contribution in [2.75, 3.05) is 23.1 Å². The zero-order valence-corrected chi connectivity index (χ0v) is 17.9. The van der Waals surface area contributed by atoms with Crippen LogP contribution in [0.4, 0.5) is 16.2 Å². The fourth-order valence-electron chi connectivity index (χ4n) is 2.13. The van der Waals surface area contributed by atoms with Crippen LogP contribution in [0.5, 0.6) is 0 Å². The largest absolute Gasteiger partial charge is 0.588 e. The number of anilines is 2. The lowest BCUT2D eigenvalue weighted by molar-refractivity contribution is 0.0530. The van der Waals surface area contributed by atoms with Crippen LogP contribution in [0.2, 0.25) is 0 Å². The Kier molecular flexibility index (Phi) is 7.82. The number of ether oxygens (including phenoxy) is 1. The molecule has 8 heteroatoms. The van der Waals surface area contributed by atoms with Crippen molar-refractivity contribution < 1.29 is 14.1 Å². The predicted octanol–water partition coefficient (Wildman–Crippen LogP) is 4.52. The van der Waals surface area contributed by atoms with Gasteiger partial charge in [0, 0.05) is 29.3 Å². The second-order valence-electron chi connectivity index (χ2n) is 6.76. The number of hydrogen-bond donors (Lipinski definition) is 3. The monoisotopic (exact) mass is 453 g/mol. The van der Waals surface area contributed by atoms with Crippen molar-refractivity contribution >= 4 is 44.8 Å². The standard InChI is InChI=1S/C19H24BrN3O3S/c1-19(2,3)26-18(24)22-11-10-21-15-7-5-8-16(13-15)23-27(25)17-9-4-6-14(20)12-17/h4-9,12-13,21,23H,10-11H2,1-3H3,(H,22,24). The van der Waals surface area contributed by atoms with Crippen LogP contribution in [-0.2, 0) is 16.1 Å². The summed E-state index contributed by atoms with van der Waals surface area (Å²) in [6.45, 7) is 6.43. The summed E-state index contributed by atoms with van der Waals surface area (Å²) in [6.07, 6.45) is -0.441. The Morgan fingerprint density at radius 1 is 1.11 bits per heavy atom. The number of carbonyl (C=O) groups excluding carboxylic acids is 1. The molecule has 0 bridgehead atoms. The smallest absolute Gasteiger partial charge is 0.407 e. The fraction of sp³-hybridized carbons (Fsp3) is 0.316. The van der Waals surface area contributed by atoms with Crippen molar-refractivity contribution in [3.63, 3.8) is 0 Å². The van der Waals surface area contributed by atoms with Gasteiger partial charge in [-0.3, -0.25) is 0 Å². The van der Waals surface area contributed by atoms with Gasteiger partial charge in [0.05, 0.1) is 5.69 Å². The highest BCUT2D eigenvalue weighted by molar-refractivity contribution is 9.10. The average Bonchev–Trinajstić information content (AvgIpc) is 2.57. The van der Waals surface area contributed by atoms with E-state index < -0.39 is 23.1 Å². The predicted molar refractivity (Wildman–Crippen MR) is 113 cm³/mol. The Balaban J connectivity index is 1.82. The van der Waals surface area contributed by atoms with Crippen molar-refractivity contribution in [3.8, 4) is 0 Å². The molecule has 2 rings (SSSR count). The van der Waals surface area contributed by atoms with Crippen LogP contribution < -0.4 is 15.4 Å². The van der Waals surface area contributed by atoms with Crippen molar-refractivity contribution in [3.05, 3.63) is 53.0 Å². The molecule has 0 aliphatic heterocycles. The van der Waals surface area contributed by atoms with E-state index in [0.717, 1.165) is 15.8 Å². The third kappa shape index (κ3) is 8.11. The van der Waals surface area contributed by atoms with E-state index >= 15 is 0 Å². The lowest BCUT2D eigenvalue weighted by Crippen LogP contribution is -2.34. The van der Waals surface area contributed by atoms with E-state index in [0.29, 0.717) is 18.0 Å². The van der Waals surface area contributed by atoms with E-state index in [1.54, 1.807) is 6.07 Å². The van der Waals surface area contributed by atoms with Gasteiger partial charge in [-0.1, -0.05) is 28.1 Å². The Morgan fingerprint density at radius 2 is 1.81 bits per heavy atom. The van der Waals surface area contributed by atoms with Crippen LogP contribution in [0.1, 0.15) is 20.8 Å². The first kappa shape index (κ1) is 21.4. The molecule has 27 heavy (non-hydrogen) atoms. The van der Waals surface area contributed by atoms with Crippen LogP contribution in [0.15, 0.2) is 57.9 Å². The van der Waals surface area contributed by atoms with Gasteiger partial charge < -0.3 is 19.9 Å². The fourth-order valence-corrected chi connectivity index (χ4v) is 3.57. The molecule has 0 saturated carbocycles. The van der Waals surface area contributed by atoms with Gasteiger partial charge in [0.25, 0.3) is 0 Å². The highest BCUT2D eigenvalue weighted by Crippen LogP contribution is 2.21. The Labute approximate surface area is 171 Å². The lowest BCUT2D eigenvalue weighted by atomic mass is 10.2. The third-order valence-electron chi connectivity index (χ3n) is 3.21. The van der Waals surface area contributed by atoms with Gasteiger partial charge >= 0.3 is 6.09 Å². The molecule has 6 nitrogen and oxygen atoms in total. The number of halogens is 1. The molecule has 0 fully saturated rings. The van der Waals surface area contributed by atoms with Gasteiger partial charge in [0.2, 0.25) is 0 Å². The molecule has 2 aromatic rings. The molecule has 146 valence electrons. The number of nitrogens with one attached hydrogen (secondary N) is 3. The molecule has 0 aliphatic carbocycles. The van der Waals surface area contributed by atoms with E-state index in [9.17, 15) is 9.35 Å². The normalized spacial score (nSPS) is 12.2. The first-order valence-electron chi connectivity index (χ1n) is 8.48. The minimum Gasteiger partial charge on any atom is -0.588 e. The maximum atomic E-state index is 12.4. The zero-order valence-electron chi connectivity index (χ0n) is 15.5. The molecule has 1 atom stereocenters. The zero-order chi connectivity index (χ0) is 19.9. The molecule has 2 aromatic carbocycles. The molecule has 0 heterocycles. The molecule has 0 aromatic heterocycles. The maximum absolute atomic E-state index is 12.4. The molecule has 1 amide bonds. The topological polar surface area (TPSA) is 85.5 Å². The Hall–Kier alpha value is -1.90. The number of rotatable bonds is 7. The van der Waals surface area contributed by atoms with E-state index in [2.05, 4.69) is 31.3 Å². The summed E-state index contributed by atoms with van der Waals surface area (Å²) in [6, 6.07) is 14.8. The second kappa shape index (κ2) is 9.87. The number of hydrogen-bond acceptors (Lipinski definition) is 5. The van der Waals surface area contributed by atoms with Crippen LogP contribution >= 0.6 is 15.9 Å². The highest BCUT2D eigenvalue weighted by atomic mass is 79.9. The van der Waals surface area contributed by atoms with Crippen LogP contribution in [0, 0.1) is 0 Å². The van der Waals surface area contributed by atoms with Gasteiger partial charge in [0.1, 0.15) is 17.0 Å². The quantitative estimate of drug-likeness (QED) is 0.423. The second-order valence-corrected chi connectivity index (χ2v) is 8.89. The summed E-state index contributed by atoms with van der Waals surface area (Å²) in [5.74, 6) is 0. The molecular formula is C19H24BrN3O3S. The van der Waals surface area contributed by atoms with E-state index in [1.807, 2.05) is 63.2 Å². The van der Waals surface area contributed by atoms with E-state index in [-0.39, 0.29) is 0 Å². The SMILES string of the molecule is CC(C)(C)OC(=O)NCCNc1cccc(N[S+]([O-])c2cccc(Br)c2)c1. The van der Waals surface area contributed by atoms with Crippen molar-refractivity contribution in [2.45, 2.75) is 31.3 Å². The Morgan fingerprint density at radius 3 is 2.52 bits per heavy atom. The molecular weight excluding hydrogens is 430 g/mol. The summed E-state index contributed by atoms with van der Waals surface area (Å²) in [5, 5.41) is 5.90. The van der Waals surface area contributed by atoms with Crippen LogP contribution in [0.25, 0.3) is 0 Å². The summed E-state index contributed by atoms with van der Waals surface area (Å²) < 4.78 is 21.5. The third-order valence-corrected chi connectivity index (χ3v) is 4.80. The van der Waals surface area contributed by atoms with Crippen molar-refractivity contribution in [1.29, 1.82) is 0 Å². The van der Waals surface area contributed by atoms with Gasteiger partial charge in [-0.25, -0.2) is 9.52 Å². The number of carbonyl (C=O) groups is 1. The lowest BCUT2D eigenvalue weighted by Gasteiger charge is -2.19. The average molecular weight is 454 g/mol. The molecule has 0 radical (unpaired) electrons. The van der Waals surface area contributed by atoms with Crippen LogP contribution in [-0.4, -0.2) is 29.3 Å². The number of alkyl carbamates (subject to hydrolysis) is 1. The molecule has 0 aliphatic rings. The molecule has 0 saturated heterocycles. The number of amides is 1. The minimum atomic E-state index is -1.36. The van der Waals surface area contributed by atoms with E-state index in [1.165, 1.54) is 0 Å². The first-order chi connectivity index (χ1) is 12.7. The summed E-state index contributed by atoms with van der Waals surface area (Å²) in [7, 11) is 0. The Bertz CT molecular complexity index is 768. The minimum absolute atomic E-state index is 0.427. The number of benzene rings is 2. The van der Waals surface area contributed by atoms with Gasteiger partial charge in [-0.15, -0.1) is 0 Å². The first-order valence-corrected chi connectivity index (χ1v) is 10.4. The maximum Gasteiger partial charge on any atom is 0.407 e. The van der Waals surface area contributed by atoms with Gasteiger partial charge in [-0.05, 0) is 51.1 Å². The summed E-state index contributed by atoms with van der Waals surface area (Å²) in [5.41, 5.74) is 1.08.